The number of nitrogens with two attached hydrogens (primary N) is 1. The van der Waals surface area contributed by atoms with Gasteiger partial charge in [0.2, 0.25) is 0 Å². The minimum atomic E-state index is 0.136. The van der Waals surface area contributed by atoms with Crippen molar-refractivity contribution < 1.29 is 10.3 Å². The van der Waals surface area contributed by atoms with Crippen LogP contribution in [0.3, 0.4) is 0 Å². The maximum absolute atomic E-state index is 9.16. The maximum atomic E-state index is 9.16. The van der Waals surface area contributed by atoms with Gasteiger partial charge in [0.05, 0.1) is 0 Å². The Morgan fingerprint density at radius 1 is 1.40 bits per heavy atom. The van der Waals surface area contributed by atoms with E-state index in [1.807, 2.05) is 18.2 Å². The summed E-state index contributed by atoms with van der Waals surface area (Å²) in [5.41, 5.74) is 7.51. The van der Waals surface area contributed by atoms with Gasteiger partial charge in [-0.15, -0.1) is 0 Å². The zero-order valence-electron chi connectivity index (χ0n) is 11.7. The Morgan fingerprint density at radius 3 is 3.00 bits per heavy atom. The Bertz CT molecular complexity index is 460. The van der Waals surface area contributed by atoms with Crippen molar-refractivity contribution in [2.75, 3.05) is 13.2 Å². The van der Waals surface area contributed by atoms with Crippen molar-refractivity contribution >= 4 is 5.84 Å². The molecule has 1 aliphatic heterocycles. The van der Waals surface area contributed by atoms with Gasteiger partial charge in [-0.25, -0.2) is 0 Å². The standard InChI is InChI=1S/C15H23N3O2/c16-15(17-20)13-5-3-4-12(10-13)11-18-8-2-1-6-14(18)7-9-19/h3-5,10,14,19-20H,1-2,6-9,11H2,(H2,16,17). The van der Waals surface area contributed by atoms with Crippen LogP contribution in [-0.2, 0) is 6.54 Å². The zero-order valence-corrected chi connectivity index (χ0v) is 11.7. The van der Waals surface area contributed by atoms with E-state index < -0.39 is 0 Å². The van der Waals surface area contributed by atoms with E-state index in [-0.39, 0.29) is 12.4 Å². The first kappa shape index (κ1) is 14.8. The molecule has 4 N–H and O–H groups in total. The Hall–Kier alpha value is -1.59. The van der Waals surface area contributed by atoms with Crippen molar-refractivity contribution in [3.05, 3.63) is 35.4 Å². The number of aliphatic hydroxyl groups is 1. The molecule has 1 unspecified atom stereocenters. The van der Waals surface area contributed by atoms with Gasteiger partial charge in [-0.3, -0.25) is 4.90 Å². The Kier molecular flexibility index (Phi) is 5.38. The van der Waals surface area contributed by atoms with E-state index in [9.17, 15) is 0 Å². The van der Waals surface area contributed by atoms with Crippen LogP contribution in [0.2, 0.25) is 0 Å². The number of nitrogens with zero attached hydrogens (tertiary/aromatic N) is 2. The lowest BCUT2D eigenvalue weighted by Crippen LogP contribution is -2.39. The molecule has 1 heterocycles. The second kappa shape index (κ2) is 7.26. The molecule has 5 heteroatoms. The van der Waals surface area contributed by atoms with Crippen molar-refractivity contribution in [1.82, 2.24) is 4.90 Å². The highest BCUT2D eigenvalue weighted by Gasteiger charge is 2.21. The number of hydrogen-bond donors (Lipinski definition) is 3. The molecule has 1 aromatic carbocycles. The molecule has 0 aromatic heterocycles. The molecular weight excluding hydrogens is 254 g/mol. The fourth-order valence-electron chi connectivity index (χ4n) is 2.87. The average molecular weight is 277 g/mol. The van der Waals surface area contributed by atoms with Crippen LogP contribution in [-0.4, -0.2) is 40.2 Å². The van der Waals surface area contributed by atoms with E-state index in [1.165, 1.54) is 12.8 Å². The van der Waals surface area contributed by atoms with Gasteiger partial charge in [0.1, 0.15) is 0 Å². The summed E-state index contributed by atoms with van der Waals surface area (Å²) in [6.07, 6.45) is 4.44. The number of rotatable bonds is 5. The van der Waals surface area contributed by atoms with Crippen molar-refractivity contribution in [3.63, 3.8) is 0 Å². The van der Waals surface area contributed by atoms with E-state index in [0.717, 1.165) is 37.1 Å². The highest BCUT2D eigenvalue weighted by Crippen LogP contribution is 2.22. The molecule has 1 atom stereocenters. The van der Waals surface area contributed by atoms with Gasteiger partial charge in [0.15, 0.2) is 5.84 Å². The molecule has 0 bridgehead atoms. The summed E-state index contributed by atoms with van der Waals surface area (Å²) in [7, 11) is 0. The van der Waals surface area contributed by atoms with Gasteiger partial charge in [-0.1, -0.05) is 29.8 Å². The fraction of sp³-hybridized carbons (Fsp3) is 0.533. The molecule has 2 rings (SSSR count). The molecule has 5 nitrogen and oxygen atoms in total. The number of hydrogen-bond acceptors (Lipinski definition) is 4. The first-order valence-electron chi connectivity index (χ1n) is 7.16. The molecular formula is C15H23N3O2. The van der Waals surface area contributed by atoms with Crippen molar-refractivity contribution in [2.45, 2.75) is 38.3 Å². The van der Waals surface area contributed by atoms with Crippen LogP contribution in [0, 0.1) is 0 Å². The monoisotopic (exact) mass is 277 g/mol. The van der Waals surface area contributed by atoms with Crippen LogP contribution in [0.4, 0.5) is 0 Å². The lowest BCUT2D eigenvalue weighted by atomic mass is 9.98. The SMILES string of the molecule is N/C(=N\O)c1cccc(CN2CCCCC2CCO)c1. The average Bonchev–Trinajstić information content (AvgIpc) is 2.49. The third-order valence-electron chi connectivity index (χ3n) is 3.93. The molecule has 1 aromatic rings. The predicted molar refractivity (Wildman–Crippen MR) is 78.7 cm³/mol. The van der Waals surface area contributed by atoms with Gasteiger partial charge in [0.25, 0.3) is 0 Å². The molecule has 110 valence electrons. The minimum absolute atomic E-state index is 0.136. The fourth-order valence-corrected chi connectivity index (χ4v) is 2.87. The summed E-state index contributed by atoms with van der Waals surface area (Å²) in [5, 5.41) is 20.9. The van der Waals surface area contributed by atoms with Gasteiger partial charge in [-0.05, 0) is 37.4 Å². The second-order valence-corrected chi connectivity index (χ2v) is 5.32. The van der Waals surface area contributed by atoms with Gasteiger partial charge < -0.3 is 16.0 Å². The second-order valence-electron chi connectivity index (χ2n) is 5.32. The van der Waals surface area contributed by atoms with Gasteiger partial charge in [0, 0.05) is 24.8 Å². The Balaban J connectivity index is 2.08. The van der Waals surface area contributed by atoms with Crippen molar-refractivity contribution in [3.8, 4) is 0 Å². The smallest absolute Gasteiger partial charge is 0.170 e. The summed E-state index contributed by atoms with van der Waals surface area (Å²) in [5.74, 6) is 0.136. The van der Waals surface area contributed by atoms with Crippen LogP contribution in [0.15, 0.2) is 29.4 Å². The molecule has 1 saturated heterocycles. The number of piperidine rings is 1. The number of likely N-dealkylation sites (tertiary alicyclic amines) is 1. The third kappa shape index (κ3) is 3.71. The van der Waals surface area contributed by atoms with E-state index in [4.69, 9.17) is 16.0 Å². The van der Waals surface area contributed by atoms with Crippen LogP contribution in [0.5, 0.6) is 0 Å². The molecule has 1 aliphatic rings. The first-order valence-corrected chi connectivity index (χ1v) is 7.16. The zero-order chi connectivity index (χ0) is 14.4. The predicted octanol–water partition coefficient (Wildman–Crippen LogP) is 1.52. The summed E-state index contributed by atoms with van der Waals surface area (Å²) < 4.78 is 0. The van der Waals surface area contributed by atoms with Crippen LogP contribution in [0.25, 0.3) is 0 Å². The van der Waals surface area contributed by atoms with Gasteiger partial charge >= 0.3 is 0 Å². The van der Waals surface area contributed by atoms with Crippen LogP contribution < -0.4 is 5.73 Å². The molecule has 0 spiro atoms. The summed E-state index contributed by atoms with van der Waals surface area (Å²) in [6.45, 7) is 2.15. The molecule has 1 fully saturated rings. The van der Waals surface area contributed by atoms with Crippen LogP contribution >= 0.6 is 0 Å². The Morgan fingerprint density at radius 2 is 2.25 bits per heavy atom. The van der Waals surface area contributed by atoms with Crippen molar-refractivity contribution in [1.29, 1.82) is 0 Å². The number of oxime groups is 1. The van der Waals surface area contributed by atoms with Crippen LogP contribution in [0.1, 0.15) is 36.8 Å². The highest BCUT2D eigenvalue weighted by molar-refractivity contribution is 5.97. The molecule has 0 amide bonds. The summed E-state index contributed by atoms with van der Waals surface area (Å²) in [6, 6.07) is 8.23. The molecule has 0 aliphatic carbocycles. The largest absolute Gasteiger partial charge is 0.409 e. The van der Waals surface area contributed by atoms with E-state index in [2.05, 4.69) is 16.1 Å². The molecule has 0 saturated carbocycles. The number of benzene rings is 1. The topological polar surface area (TPSA) is 82.1 Å². The minimum Gasteiger partial charge on any atom is -0.409 e. The summed E-state index contributed by atoms with van der Waals surface area (Å²) >= 11 is 0. The highest BCUT2D eigenvalue weighted by atomic mass is 16.4. The normalized spacial score (nSPS) is 21.1. The van der Waals surface area contributed by atoms with Crippen molar-refractivity contribution in [2.24, 2.45) is 10.9 Å². The lowest BCUT2D eigenvalue weighted by molar-refractivity contribution is 0.112. The third-order valence-corrected chi connectivity index (χ3v) is 3.93. The van der Waals surface area contributed by atoms with E-state index >= 15 is 0 Å². The number of aliphatic hydroxyl groups excluding tert-OH is 1. The lowest BCUT2D eigenvalue weighted by Gasteiger charge is -2.35. The van der Waals surface area contributed by atoms with Gasteiger partial charge in [-0.2, -0.15) is 0 Å². The maximum Gasteiger partial charge on any atom is 0.170 e. The molecule has 20 heavy (non-hydrogen) atoms. The number of amidine groups is 1. The van der Waals surface area contributed by atoms with E-state index in [0.29, 0.717) is 6.04 Å². The Labute approximate surface area is 119 Å². The summed E-state index contributed by atoms with van der Waals surface area (Å²) in [4.78, 5) is 2.42. The quantitative estimate of drug-likeness (QED) is 0.330. The van der Waals surface area contributed by atoms with E-state index in [1.54, 1.807) is 0 Å². The molecule has 0 radical (unpaired) electrons. The first-order chi connectivity index (χ1) is 9.74.